The van der Waals surface area contributed by atoms with Crippen LogP contribution in [0.15, 0.2) is 24.5 Å². The van der Waals surface area contributed by atoms with Crippen molar-refractivity contribution in [2.45, 2.75) is 25.0 Å². The molecule has 100 valence electrons. The summed E-state index contributed by atoms with van der Waals surface area (Å²) in [4.78, 5) is 29.0. The van der Waals surface area contributed by atoms with Crippen molar-refractivity contribution in [3.63, 3.8) is 0 Å². The molecule has 1 saturated carbocycles. The summed E-state index contributed by atoms with van der Waals surface area (Å²) in [5.74, 6) is -0.177. The third-order valence-electron chi connectivity index (χ3n) is 3.32. The van der Waals surface area contributed by atoms with Gasteiger partial charge < -0.3 is 15.0 Å². The lowest BCUT2D eigenvalue weighted by atomic mass is 10.2. The molecule has 19 heavy (non-hydrogen) atoms. The third-order valence-corrected chi connectivity index (χ3v) is 3.32. The van der Waals surface area contributed by atoms with Crippen molar-refractivity contribution < 1.29 is 14.3 Å². The highest BCUT2D eigenvalue weighted by molar-refractivity contribution is 5.94. The van der Waals surface area contributed by atoms with E-state index < -0.39 is 0 Å². The molecule has 2 amide bonds. The lowest BCUT2D eigenvalue weighted by Crippen LogP contribution is -2.35. The first-order valence-corrected chi connectivity index (χ1v) is 6.39. The van der Waals surface area contributed by atoms with Gasteiger partial charge in [-0.15, -0.1) is 0 Å². The van der Waals surface area contributed by atoms with E-state index in [1.165, 1.54) is 0 Å². The van der Waals surface area contributed by atoms with E-state index >= 15 is 0 Å². The van der Waals surface area contributed by atoms with E-state index in [1.807, 2.05) is 0 Å². The Morgan fingerprint density at radius 2 is 2.16 bits per heavy atom. The van der Waals surface area contributed by atoms with Crippen LogP contribution in [0.5, 0.6) is 0 Å². The van der Waals surface area contributed by atoms with Crippen LogP contribution in [0, 0.1) is 0 Å². The van der Waals surface area contributed by atoms with Crippen molar-refractivity contribution in [1.29, 1.82) is 0 Å². The number of nitrogens with zero attached hydrogens (tertiary/aromatic N) is 2. The van der Waals surface area contributed by atoms with Crippen LogP contribution in [0.1, 0.15) is 23.2 Å². The predicted molar refractivity (Wildman–Crippen MR) is 66.6 cm³/mol. The molecule has 0 spiro atoms. The highest BCUT2D eigenvalue weighted by Gasteiger charge is 2.40. The fraction of sp³-hybridized carbons (Fsp3) is 0.462. The van der Waals surface area contributed by atoms with Gasteiger partial charge in [0.1, 0.15) is 6.10 Å². The zero-order valence-corrected chi connectivity index (χ0v) is 10.4. The summed E-state index contributed by atoms with van der Waals surface area (Å²) in [7, 11) is 0. The van der Waals surface area contributed by atoms with Gasteiger partial charge in [-0.2, -0.15) is 0 Å². The fourth-order valence-electron chi connectivity index (χ4n) is 2.14. The van der Waals surface area contributed by atoms with Crippen molar-refractivity contribution in [3.8, 4) is 0 Å². The van der Waals surface area contributed by atoms with Gasteiger partial charge in [0.25, 0.3) is 5.91 Å². The molecule has 6 nitrogen and oxygen atoms in total. The topological polar surface area (TPSA) is 71.5 Å². The van der Waals surface area contributed by atoms with Crippen molar-refractivity contribution in [3.05, 3.63) is 30.1 Å². The van der Waals surface area contributed by atoms with Crippen molar-refractivity contribution in [2.24, 2.45) is 0 Å². The number of rotatable bonds is 4. The minimum absolute atomic E-state index is 0.177. The summed E-state index contributed by atoms with van der Waals surface area (Å²) in [6.07, 6.45) is 4.75. The number of carbonyl (C=O) groups is 2. The molecule has 1 unspecified atom stereocenters. The Hall–Kier alpha value is -2.11. The number of nitrogens with one attached hydrogen (secondary N) is 1. The standard InChI is InChI=1S/C13H15N3O3/c17-12(9-3-5-14-6-4-9)15-7-11-8-16(10-1-2-10)13(18)19-11/h3-6,10-11H,1-2,7-8H2,(H,15,17). The molecule has 1 aliphatic carbocycles. The average Bonchev–Trinajstić information content (AvgIpc) is 3.21. The van der Waals surface area contributed by atoms with E-state index in [0.29, 0.717) is 24.7 Å². The van der Waals surface area contributed by atoms with E-state index in [1.54, 1.807) is 29.4 Å². The third kappa shape index (κ3) is 2.67. The summed E-state index contributed by atoms with van der Waals surface area (Å²) in [5.41, 5.74) is 0.554. The first-order valence-electron chi connectivity index (χ1n) is 6.39. The highest BCUT2D eigenvalue weighted by Crippen LogP contribution is 2.30. The van der Waals surface area contributed by atoms with Gasteiger partial charge in [0, 0.05) is 24.0 Å². The lowest BCUT2D eigenvalue weighted by molar-refractivity contribution is 0.0914. The van der Waals surface area contributed by atoms with Crippen LogP contribution in [0.3, 0.4) is 0 Å². The Bertz CT molecular complexity index is 487. The quantitative estimate of drug-likeness (QED) is 0.870. The molecular weight excluding hydrogens is 246 g/mol. The van der Waals surface area contributed by atoms with Gasteiger partial charge in [-0.25, -0.2) is 4.79 Å². The molecule has 2 aliphatic rings. The van der Waals surface area contributed by atoms with Crippen LogP contribution in [-0.4, -0.2) is 47.1 Å². The molecule has 1 aliphatic heterocycles. The maximum Gasteiger partial charge on any atom is 0.410 e. The van der Waals surface area contributed by atoms with Crippen molar-refractivity contribution in [1.82, 2.24) is 15.2 Å². The number of hydrogen-bond acceptors (Lipinski definition) is 4. The molecule has 1 aromatic rings. The maximum absolute atomic E-state index is 11.8. The fourth-order valence-corrected chi connectivity index (χ4v) is 2.14. The Morgan fingerprint density at radius 3 is 2.84 bits per heavy atom. The Labute approximate surface area is 110 Å². The predicted octanol–water partition coefficient (Wildman–Crippen LogP) is 0.795. The monoisotopic (exact) mass is 261 g/mol. The van der Waals surface area contributed by atoms with E-state index in [-0.39, 0.29) is 18.1 Å². The molecule has 3 rings (SSSR count). The second kappa shape index (κ2) is 4.87. The maximum atomic E-state index is 11.8. The van der Waals surface area contributed by atoms with Crippen LogP contribution in [0.2, 0.25) is 0 Å². The zero-order chi connectivity index (χ0) is 13.2. The van der Waals surface area contributed by atoms with Crippen LogP contribution < -0.4 is 5.32 Å². The number of ether oxygens (including phenoxy) is 1. The summed E-state index contributed by atoms with van der Waals surface area (Å²) in [5, 5.41) is 2.77. The molecule has 1 aromatic heterocycles. The average molecular weight is 261 g/mol. The van der Waals surface area contributed by atoms with Gasteiger partial charge in [0.15, 0.2) is 0 Å². The zero-order valence-electron chi connectivity index (χ0n) is 10.4. The number of aromatic nitrogens is 1. The van der Waals surface area contributed by atoms with E-state index in [9.17, 15) is 9.59 Å². The molecule has 1 saturated heterocycles. The number of amides is 2. The number of pyridine rings is 1. The molecule has 0 radical (unpaired) electrons. The molecule has 6 heteroatoms. The molecule has 1 N–H and O–H groups in total. The summed E-state index contributed by atoms with van der Waals surface area (Å²) in [6.45, 7) is 0.913. The molecule has 0 aromatic carbocycles. The number of carbonyl (C=O) groups excluding carboxylic acids is 2. The molecule has 2 heterocycles. The summed E-state index contributed by atoms with van der Waals surface area (Å²) < 4.78 is 5.22. The normalized spacial score (nSPS) is 22.2. The minimum atomic E-state index is -0.259. The van der Waals surface area contributed by atoms with E-state index in [4.69, 9.17) is 4.74 Å². The van der Waals surface area contributed by atoms with Gasteiger partial charge in [-0.1, -0.05) is 0 Å². The van der Waals surface area contributed by atoms with Crippen LogP contribution in [0.4, 0.5) is 4.79 Å². The molecular formula is C13H15N3O3. The second-order valence-corrected chi connectivity index (χ2v) is 4.84. The number of cyclic esters (lactones) is 1. The molecule has 1 atom stereocenters. The van der Waals surface area contributed by atoms with Gasteiger partial charge in [0.2, 0.25) is 0 Å². The highest BCUT2D eigenvalue weighted by atomic mass is 16.6. The van der Waals surface area contributed by atoms with Crippen LogP contribution >= 0.6 is 0 Å². The van der Waals surface area contributed by atoms with Gasteiger partial charge in [-0.05, 0) is 25.0 Å². The van der Waals surface area contributed by atoms with E-state index in [0.717, 1.165) is 12.8 Å². The second-order valence-electron chi connectivity index (χ2n) is 4.84. The van der Waals surface area contributed by atoms with Crippen molar-refractivity contribution in [2.75, 3.05) is 13.1 Å². The first kappa shape index (κ1) is 12.0. The van der Waals surface area contributed by atoms with Crippen LogP contribution in [-0.2, 0) is 4.74 Å². The first-order chi connectivity index (χ1) is 9.24. The molecule has 2 fully saturated rings. The Balaban J connectivity index is 1.50. The number of hydrogen-bond donors (Lipinski definition) is 1. The summed E-state index contributed by atoms with van der Waals surface area (Å²) in [6, 6.07) is 3.65. The largest absolute Gasteiger partial charge is 0.442 e. The van der Waals surface area contributed by atoms with Gasteiger partial charge >= 0.3 is 6.09 Å². The smallest absolute Gasteiger partial charge is 0.410 e. The molecule has 0 bridgehead atoms. The van der Waals surface area contributed by atoms with E-state index in [2.05, 4.69) is 10.3 Å². The SMILES string of the molecule is O=C(NCC1CN(C2CC2)C(=O)O1)c1ccncc1. The minimum Gasteiger partial charge on any atom is -0.442 e. The Kier molecular flexibility index (Phi) is 3.06. The Morgan fingerprint density at radius 1 is 1.42 bits per heavy atom. The summed E-state index contributed by atoms with van der Waals surface area (Å²) >= 11 is 0. The van der Waals surface area contributed by atoms with Gasteiger partial charge in [0.05, 0.1) is 13.1 Å². The van der Waals surface area contributed by atoms with Crippen LogP contribution in [0.25, 0.3) is 0 Å². The van der Waals surface area contributed by atoms with Gasteiger partial charge in [-0.3, -0.25) is 9.78 Å². The lowest BCUT2D eigenvalue weighted by Gasteiger charge is -2.11. The van der Waals surface area contributed by atoms with Crippen molar-refractivity contribution >= 4 is 12.0 Å².